The Morgan fingerprint density at radius 2 is 1.65 bits per heavy atom. The third-order valence-corrected chi connectivity index (χ3v) is 4.38. The zero-order chi connectivity index (χ0) is 13.9. The zero-order valence-corrected chi connectivity index (χ0v) is 11.7. The van der Waals surface area contributed by atoms with Gasteiger partial charge in [-0.25, -0.2) is 9.18 Å². The molecule has 2 saturated heterocycles. The van der Waals surface area contributed by atoms with Crippen LogP contribution in [0.4, 0.5) is 9.18 Å². The molecule has 0 radical (unpaired) electrons. The number of benzene rings is 1. The molecule has 0 aromatic heterocycles. The summed E-state index contributed by atoms with van der Waals surface area (Å²) in [6, 6.07) is 6.88. The number of hydrogen-bond donors (Lipinski definition) is 0. The molecule has 0 bridgehead atoms. The molecule has 2 heterocycles. The van der Waals surface area contributed by atoms with Gasteiger partial charge in [0.15, 0.2) is 0 Å². The van der Waals surface area contributed by atoms with Crippen molar-refractivity contribution in [1.82, 2.24) is 9.80 Å². The number of nitrogens with zero attached hydrogens (tertiary/aromatic N) is 2. The number of likely N-dealkylation sites (tertiary alicyclic amines) is 2. The molecule has 1 aromatic carbocycles. The standard InChI is InChI=1S/C16H21FN2O/c17-14-8-6-13(7-9-14)15-5-1-2-12-19(15)16(20)18-10-3-4-11-18/h6-9,15H,1-5,10-12H2. The van der Waals surface area contributed by atoms with Gasteiger partial charge in [-0.3, -0.25) is 0 Å². The van der Waals surface area contributed by atoms with Gasteiger partial charge in [0, 0.05) is 19.6 Å². The fourth-order valence-electron chi connectivity index (χ4n) is 3.28. The normalized spacial score (nSPS) is 23.1. The highest BCUT2D eigenvalue weighted by molar-refractivity contribution is 5.75. The highest BCUT2D eigenvalue weighted by Crippen LogP contribution is 2.32. The summed E-state index contributed by atoms with van der Waals surface area (Å²) in [5.41, 5.74) is 1.05. The van der Waals surface area contributed by atoms with E-state index in [2.05, 4.69) is 0 Å². The number of halogens is 1. The van der Waals surface area contributed by atoms with E-state index < -0.39 is 0 Å². The molecule has 0 aliphatic carbocycles. The molecule has 1 aromatic rings. The Balaban J connectivity index is 1.79. The van der Waals surface area contributed by atoms with Crippen molar-refractivity contribution in [2.75, 3.05) is 19.6 Å². The molecule has 2 aliphatic rings. The average Bonchev–Trinajstić information content (AvgIpc) is 3.02. The van der Waals surface area contributed by atoms with E-state index in [1.165, 1.54) is 12.1 Å². The molecule has 0 N–H and O–H groups in total. The van der Waals surface area contributed by atoms with Crippen LogP contribution in [0, 0.1) is 5.82 Å². The molecule has 4 heteroatoms. The predicted molar refractivity (Wildman–Crippen MR) is 75.9 cm³/mol. The lowest BCUT2D eigenvalue weighted by Gasteiger charge is -2.38. The van der Waals surface area contributed by atoms with Crippen molar-refractivity contribution in [3.8, 4) is 0 Å². The molecule has 0 saturated carbocycles. The second kappa shape index (κ2) is 5.81. The number of urea groups is 1. The molecule has 2 aliphatic heterocycles. The third kappa shape index (κ3) is 2.65. The van der Waals surface area contributed by atoms with Gasteiger partial charge in [0.2, 0.25) is 0 Å². The van der Waals surface area contributed by atoms with E-state index in [1.807, 2.05) is 21.9 Å². The van der Waals surface area contributed by atoms with E-state index in [0.29, 0.717) is 0 Å². The Kier molecular flexibility index (Phi) is 3.90. The Hall–Kier alpha value is -1.58. The predicted octanol–water partition coefficient (Wildman–Crippen LogP) is 3.57. The van der Waals surface area contributed by atoms with Crippen molar-refractivity contribution in [1.29, 1.82) is 0 Å². The summed E-state index contributed by atoms with van der Waals surface area (Å²) in [5, 5.41) is 0. The lowest BCUT2D eigenvalue weighted by atomic mass is 9.95. The summed E-state index contributed by atoms with van der Waals surface area (Å²) in [7, 11) is 0. The lowest BCUT2D eigenvalue weighted by molar-refractivity contribution is 0.122. The summed E-state index contributed by atoms with van der Waals surface area (Å²) < 4.78 is 13.1. The molecule has 108 valence electrons. The second-order valence-corrected chi connectivity index (χ2v) is 5.73. The first-order valence-electron chi connectivity index (χ1n) is 7.57. The maximum absolute atomic E-state index is 13.1. The molecule has 3 nitrogen and oxygen atoms in total. The molecule has 1 unspecified atom stereocenters. The Bertz CT molecular complexity index is 468. The topological polar surface area (TPSA) is 23.6 Å². The van der Waals surface area contributed by atoms with Gasteiger partial charge in [0.05, 0.1) is 6.04 Å². The molecule has 2 amide bonds. The summed E-state index contributed by atoms with van der Waals surface area (Å²) >= 11 is 0. The summed E-state index contributed by atoms with van der Waals surface area (Å²) in [5.74, 6) is -0.220. The zero-order valence-electron chi connectivity index (χ0n) is 11.7. The van der Waals surface area contributed by atoms with Crippen LogP contribution >= 0.6 is 0 Å². The van der Waals surface area contributed by atoms with Crippen LogP contribution in [-0.2, 0) is 0 Å². The minimum atomic E-state index is -0.220. The Morgan fingerprint density at radius 1 is 1.00 bits per heavy atom. The first-order chi connectivity index (χ1) is 9.75. The first kappa shape index (κ1) is 13.4. The van der Waals surface area contributed by atoms with Gasteiger partial charge in [-0.05, 0) is 49.8 Å². The van der Waals surface area contributed by atoms with Crippen LogP contribution < -0.4 is 0 Å². The summed E-state index contributed by atoms with van der Waals surface area (Å²) in [6.07, 6.45) is 5.40. The molecule has 0 spiro atoms. The number of piperidine rings is 1. The van der Waals surface area contributed by atoms with Crippen molar-refractivity contribution in [3.05, 3.63) is 35.6 Å². The minimum absolute atomic E-state index is 0.109. The molecule has 20 heavy (non-hydrogen) atoms. The monoisotopic (exact) mass is 276 g/mol. The van der Waals surface area contributed by atoms with Crippen LogP contribution in [0.2, 0.25) is 0 Å². The average molecular weight is 276 g/mol. The van der Waals surface area contributed by atoms with Crippen molar-refractivity contribution >= 4 is 6.03 Å². The highest BCUT2D eigenvalue weighted by Gasteiger charge is 2.31. The van der Waals surface area contributed by atoms with E-state index in [0.717, 1.165) is 57.3 Å². The van der Waals surface area contributed by atoms with Crippen LogP contribution in [0.15, 0.2) is 24.3 Å². The van der Waals surface area contributed by atoms with Crippen molar-refractivity contribution in [3.63, 3.8) is 0 Å². The van der Waals surface area contributed by atoms with Crippen molar-refractivity contribution in [2.45, 2.75) is 38.1 Å². The van der Waals surface area contributed by atoms with Crippen LogP contribution in [0.5, 0.6) is 0 Å². The summed E-state index contributed by atoms with van der Waals surface area (Å²) in [6.45, 7) is 2.58. The largest absolute Gasteiger partial charge is 0.325 e. The van der Waals surface area contributed by atoms with Crippen molar-refractivity contribution in [2.24, 2.45) is 0 Å². The fourth-order valence-corrected chi connectivity index (χ4v) is 3.28. The van der Waals surface area contributed by atoms with Gasteiger partial charge in [-0.15, -0.1) is 0 Å². The van der Waals surface area contributed by atoms with E-state index in [4.69, 9.17) is 0 Å². The number of carbonyl (C=O) groups excluding carboxylic acids is 1. The first-order valence-corrected chi connectivity index (χ1v) is 7.57. The van der Waals surface area contributed by atoms with E-state index in [1.54, 1.807) is 0 Å². The van der Waals surface area contributed by atoms with Gasteiger partial charge in [0.1, 0.15) is 5.82 Å². The van der Waals surface area contributed by atoms with Gasteiger partial charge < -0.3 is 9.80 Å². The Morgan fingerprint density at radius 3 is 2.35 bits per heavy atom. The number of rotatable bonds is 1. The molecule has 2 fully saturated rings. The number of hydrogen-bond acceptors (Lipinski definition) is 1. The maximum Gasteiger partial charge on any atom is 0.320 e. The molecule has 3 rings (SSSR count). The van der Waals surface area contributed by atoms with Crippen LogP contribution in [-0.4, -0.2) is 35.5 Å². The maximum atomic E-state index is 13.1. The summed E-state index contributed by atoms with van der Waals surface area (Å²) in [4.78, 5) is 16.6. The van der Waals surface area contributed by atoms with Crippen LogP contribution in [0.25, 0.3) is 0 Å². The minimum Gasteiger partial charge on any atom is -0.325 e. The van der Waals surface area contributed by atoms with Crippen molar-refractivity contribution < 1.29 is 9.18 Å². The van der Waals surface area contributed by atoms with Gasteiger partial charge >= 0.3 is 6.03 Å². The number of carbonyl (C=O) groups is 1. The molecule has 1 atom stereocenters. The van der Waals surface area contributed by atoms with Gasteiger partial charge in [0.25, 0.3) is 0 Å². The van der Waals surface area contributed by atoms with Gasteiger partial charge in [-0.1, -0.05) is 12.1 Å². The smallest absolute Gasteiger partial charge is 0.320 e. The number of amides is 2. The Labute approximate surface area is 119 Å². The fraction of sp³-hybridized carbons (Fsp3) is 0.562. The van der Waals surface area contributed by atoms with E-state index in [9.17, 15) is 9.18 Å². The van der Waals surface area contributed by atoms with Gasteiger partial charge in [-0.2, -0.15) is 0 Å². The SMILES string of the molecule is O=C(N1CCCC1)N1CCCCC1c1ccc(F)cc1. The van der Waals surface area contributed by atoms with E-state index in [-0.39, 0.29) is 17.9 Å². The molecular weight excluding hydrogens is 255 g/mol. The third-order valence-electron chi connectivity index (χ3n) is 4.38. The molecular formula is C16H21FN2O. The van der Waals surface area contributed by atoms with Crippen LogP contribution in [0.3, 0.4) is 0 Å². The van der Waals surface area contributed by atoms with Crippen LogP contribution in [0.1, 0.15) is 43.7 Å². The lowest BCUT2D eigenvalue weighted by Crippen LogP contribution is -2.45. The quantitative estimate of drug-likeness (QED) is 0.769. The highest BCUT2D eigenvalue weighted by atomic mass is 19.1. The van der Waals surface area contributed by atoms with E-state index >= 15 is 0 Å². The second-order valence-electron chi connectivity index (χ2n) is 5.73.